The van der Waals surface area contributed by atoms with Crippen LogP contribution < -0.4 is 0 Å². The van der Waals surface area contributed by atoms with Crippen LogP contribution in [0.3, 0.4) is 0 Å². The molecule has 0 spiro atoms. The number of fused-ring (bicyclic) bond motifs is 1. The summed E-state index contributed by atoms with van der Waals surface area (Å²) >= 11 is 0. The first kappa shape index (κ1) is 11.0. The highest BCUT2D eigenvalue weighted by molar-refractivity contribution is 5.83. The number of nitrogens with one attached hydrogen (secondary N) is 2. The first-order chi connectivity index (χ1) is 7.48. The maximum Gasteiger partial charge on any atom is 0.373 e. The number of halogens is 3. The molecule has 1 aromatic carbocycles. The first-order valence-corrected chi connectivity index (χ1v) is 4.81. The molecule has 0 aliphatic rings. The minimum absolute atomic E-state index is 0.312. The number of aromatic amines is 1. The van der Waals surface area contributed by atoms with E-state index in [9.17, 15) is 13.2 Å². The number of aromatic nitrogens is 1. The predicted octanol–water partition coefficient (Wildman–Crippen LogP) is 3.69. The molecule has 0 radical (unpaired) electrons. The molecule has 0 bridgehead atoms. The molecule has 1 atom stereocenters. The Hall–Kier alpha value is -1.49. The van der Waals surface area contributed by atoms with Crippen molar-refractivity contribution in [2.24, 2.45) is 0 Å². The third-order valence-corrected chi connectivity index (χ3v) is 2.49. The van der Waals surface area contributed by atoms with Crippen molar-refractivity contribution in [1.82, 2.24) is 4.98 Å². The van der Waals surface area contributed by atoms with E-state index in [1.54, 1.807) is 18.2 Å². The van der Waals surface area contributed by atoms with Gasteiger partial charge in [0.05, 0.1) is 0 Å². The molecule has 1 aromatic heterocycles. The SMILES string of the molecule is [NH-]C(Cc1c[nH]c2ccccc12)C(F)(F)F. The zero-order chi connectivity index (χ0) is 11.8. The summed E-state index contributed by atoms with van der Waals surface area (Å²) in [4.78, 5) is 2.89. The quantitative estimate of drug-likeness (QED) is 0.812. The smallest absolute Gasteiger partial charge is 0.373 e. The van der Waals surface area contributed by atoms with Gasteiger partial charge in [-0.15, -0.1) is 0 Å². The number of hydrogen-bond acceptors (Lipinski definition) is 0. The summed E-state index contributed by atoms with van der Waals surface area (Å²) in [5.74, 6) is 0. The summed E-state index contributed by atoms with van der Waals surface area (Å²) in [5, 5.41) is 0.754. The Morgan fingerprint density at radius 2 is 1.94 bits per heavy atom. The van der Waals surface area contributed by atoms with E-state index in [-0.39, 0.29) is 6.42 Å². The third-order valence-electron chi connectivity index (χ3n) is 2.49. The number of rotatable bonds is 2. The van der Waals surface area contributed by atoms with Gasteiger partial charge in [-0.1, -0.05) is 18.2 Å². The zero-order valence-corrected chi connectivity index (χ0v) is 8.31. The second-order valence-electron chi connectivity index (χ2n) is 3.66. The lowest BCUT2D eigenvalue weighted by Crippen LogP contribution is -2.26. The van der Waals surface area contributed by atoms with Crippen LogP contribution in [0.15, 0.2) is 30.5 Å². The number of H-pyrrole nitrogens is 1. The minimum atomic E-state index is -4.46. The Balaban J connectivity index is 2.28. The Morgan fingerprint density at radius 3 is 2.62 bits per heavy atom. The fourth-order valence-corrected chi connectivity index (χ4v) is 1.64. The average Bonchev–Trinajstić information content (AvgIpc) is 2.61. The topological polar surface area (TPSA) is 39.6 Å². The maximum absolute atomic E-state index is 12.2. The van der Waals surface area contributed by atoms with E-state index in [1.165, 1.54) is 6.20 Å². The van der Waals surface area contributed by atoms with Gasteiger partial charge in [0, 0.05) is 17.1 Å². The van der Waals surface area contributed by atoms with E-state index >= 15 is 0 Å². The third kappa shape index (κ3) is 2.04. The van der Waals surface area contributed by atoms with Gasteiger partial charge in [-0.3, -0.25) is 0 Å². The highest BCUT2D eigenvalue weighted by Crippen LogP contribution is 2.27. The lowest BCUT2D eigenvalue weighted by molar-refractivity contribution is -0.137. The number of benzene rings is 1. The molecule has 2 nitrogen and oxygen atoms in total. The molecule has 1 unspecified atom stereocenters. The van der Waals surface area contributed by atoms with Gasteiger partial charge in [0.1, 0.15) is 0 Å². The van der Waals surface area contributed by atoms with Crippen LogP contribution in [0.25, 0.3) is 16.6 Å². The zero-order valence-electron chi connectivity index (χ0n) is 8.31. The van der Waals surface area contributed by atoms with Gasteiger partial charge >= 0.3 is 6.18 Å². The predicted molar refractivity (Wildman–Crippen MR) is 56.2 cm³/mol. The van der Waals surface area contributed by atoms with Crippen molar-refractivity contribution in [2.45, 2.75) is 18.6 Å². The monoisotopic (exact) mass is 227 g/mol. The van der Waals surface area contributed by atoms with E-state index in [0.717, 1.165) is 10.9 Å². The van der Waals surface area contributed by atoms with Crippen LogP contribution in [0.2, 0.25) is 0 Å². The largest absolute Gasteiger partial charge is 0.667 e. The van der Waals surface area contributed by atoms with Crippen LogP contribution in [-0.2, 0) is 6.42 Å². The maximum atomic E-state index is 12.2. The lowest BCUT2D eigenvalue weighted by Gasteiger charge is -2.22. The average molecular weight is 227 g/mol. The van der Waals surface area contributed by atoms with E-state index in [2.05, 4.69) is 4.98 Å². The Kier molecular flexibility index (Phi) is 2.63. The Labute approximate surface area is 90.3 Å². The molecule has 2 aromatic rings. The molecule has 0 saturated carbocycles. The van der Waals surface area contributed by atoms with Crippen molar-refractivity contribution >= 4 is 10.9 Å². The molecule has 1 heterocycles. The van der Waals surface area contributed by atoms with Crippen molar-refractivity contribution in [2.75, 3.05) is 0 Å². The molecule has 5 heteroatoms. The number of para-hydroxylation sites is 1. The Bertz CT molecular complexity index is 487. The number of alkyl halides is 3. The van der Waals surface area contributed by atoms with Gasteiger partial charge in [-0.25, -0.2) is 0 Å². The molecule has 0 amide bonds. The van der Waals surface area contributed by atoms with E-state index in [1.807, 2.05) is 6.07 Å². The van der Waals surface area contributed by atoms with E-state index in [4.69, 9.17) is 5.73 Å². The van der Waals surface area contributed by atoms with Gasteiger partial charge in [-0.2, -0.15) is 13.2 Å². The second-order valence-corrected chi connectivity index (χ2v) is 3.66. The normalized spacial score (nSPS) is 14.2. The minimum Gasteiger partial charge on any atom is -0.667 e. The molecular weight excluding hydrogens is 217 g/mol. The van der Waals surface area contributed by atoms with Crippen molar-refractivity contribution in [3.63, 3.8) is 0 Å². The summed E-state index contributed by atoms with van der Waals surface area (Å²) in [6.45, 7) is 0. The van der Waals surface area contributed by atoms with Crippen LogP contribution in [-0.4, -0.2) is 17.2 Å². The molecule has 86 valence electrons. The van der Waals surface area contributed by atoms with Crippen LogP contribution in [0.1, 0.15) is 5.56 Å². The second kappa shape index (κ2) is 3.83. The van der Waals surface area contributed by atoms with E-state index in [0.29, 0.717) is 5.56 Å². The van der Waals surface area contributed by atoms with Gasteiger partial charge in [0.2, 0.25) is 0 Å². The fourth-order valence-electron chi connectivity index (χ4n) is 1.64. The van der Waals surface area contributed by atoms with Gasteiger partial charge < -0.3 is 10.7 Å². The molecule has 2 rings (SSSR count). The van der Waals surface area contributed by atoms with Crippen molar-refractivity contribution in [3.05, 3.63) is 41.8 Å². The molecular formula is C11H10F3N2-. The van der Waals surface area contributed by atoms with Crippen LogP contribution in [0, 0.1) is 0 Å². The number of hydrogen-bond donors (Lipinski definition) is 1. The Morgan fingerprint density at radius 1 is 1.25 bits per heavy atom. The van der Waals surface area contributed by atoms with Crippen molar-refractivity contribution in [1.29, 1.82) is 0 Å². The van der Waals surface area contributed by atoms with E-state index < -0.39 is 12.2 Å². The highest BCUT2D eigenvalue weighted by atomic mass is 19.4. The fraction of sp³-hybridized carbons (Fsp3) is 0.273. The van der Waals surface area contributed by atoms with Gasteiger partial charge in [0.15, 0.2) is 0 Å². The van der Waals surface area contributed by atoms with Crippen LogP contribution >= 0.6 is 0 Å². The molecule has 0 saturated heterocycles. The highest BCUT2D eigenvalue weighted by Gasteiger charge is 2.31. The molecule has 0 fully saturated rings. The molecule has 2 N–H and O–H groups in total. The lowest BCUT2D eigenvalue weighted by atomic mass is 10.1. The summed E-state index contributed by atoms with van der Waals surface area (Å²) in [6.07, 6.45) is -3.23. The van der Waals surface area contributed by atoms with Gasteiger partial charge in [-0.05, 0) is 24.1 Å². The summed E-state index contributed by atoms with van der Waals surface area (Å²) in [7, 11) is 0. The van der Waals surface area contributed by atoms with Crippen molar-refractivity contribution < 1.29 is 13.2 Å². The van der Waals surface area contributed by atoms with Gasteiger partial charge in [0.25, 0.3) is 0 Å². The summed E-state index contributed by atoms with van der Waals surface area (Å²) < 4.78 is 36.7. The summed E-state index contributed by atoms with van der Waals surface area (Å²) in [5.41, 5.74) is 8.37. The summed E-state index contributed by atoms with van der Waals surface area (Å²) in [6, 6.07) is 5.07. The van der Waals surface area contributed by atoms with Crippen LogP contribution in [0.4, 0.5) is 13.2 Å². The molecule has 16 heavy (non-hydrogen) atoms. The molecule has 0 aliphatic carbocycles. The van der Waals surface area contributed by atoms with Crippen LogP contribution in [0.5, 0.6) is 0 Å². The standard InChI is InChI=1S/C11H10F3N2/c12-11(13,14)10(15)5-7-6-16-9-4-2-1-3-8(7)9/h1-4,6,10,15-16H,5H2/q-1. The van der Waals surface area contributed by atoms with Crippen molar-refractivity contribution in [3.8, 4) is 0 Å². The molecule has 0 aliphatic heterocycles. The first-order valence-electron chi connectivity index (χ1n) is 4.81.